The van der Waals surface area contributed by atoms with Gasteiger partial charge < -0.3 is 10.0 Å². The molecule has 0 aromatic heterocycles. The van der Waals surface area contributed by atoms with Gasteiger partial charge in [-0.05, 0) is 30.2 Å². The van der Waals surface area contributed by atoms with Crippen molar-refractivity contribution in [2.45, 2.75) is 6.92 Å². The molecule has 1 rings (SSSR count). The van der Waals surface area contributed by atoms with Crippen molar-refractivity contribution in [2.24, 2.45) is 0 Å². The van der Waals surface area contributed by atoms with Gasteiger partial charge in [0.25, 0.3) is 0 Å². The zero-order valence-electron chi connectivity index (χ0n) is 11.2. The van der Waals surface area contributed by atoms with Crippen LogP contribution in [-0.2, 0) is 9.59 Å². The lowest BCUT2D eigenvalue weighted by atomic mass is 10.1. The molecule has 0 saturated carbocycles. The number of halogens is 1. The molecule has 20 heavy (non-hydrogen) atoms. The number of carbonyl (C=O) groups is 2. The van der Waals surface area contributed by atoms with Crippen LogP contribution in [0.5, 0.6) is 0 Å². The predicted molar refractivity (Wildman–Crippen MR) is 79.6 cm³/mol. The van der Waals surface area contributed by atoms with Gasteiger partial charge in [0, 0.05) is 17.6 Å². The van der Waals surface area contributed by atoms with Crippen molar-refractivity contribution in [1.82, 2.24) is 4.90 Å². The SMILES string of the molecule is C=CCN(CC(=O)O)C(=O)C=Cc1ccc(C)c(Cl)c1. The van der Waals surface area contributed by atoms with Gasteiger partial charge in [-0.15, -0.1) is 6.58 Å². The van der Waals surface area contributed by atoms with E-state index in [4.69, 9.17) is 16.7 Å². The second-order valence-electron chi connectivity index (χ2n) is 4.24. The standard InChI is InChI=1S/C15H16ClNO3/c1-3-8-17(10-15(19)20)14(18)7-6-12-5-4-11(2)13(16)9-12/h3-7,9H,1,8,10H2,2H3,(H,19,20). The maximum atomic E-state index is 11.9. The lowest BCUT2D eigenvalue weighted by molar-refractivity contribution is -0.142. The molecule has 1 aromatic carbocycles. The Kier molecular flexibility index (Phi) is 6.00. The van der Waals surface area contributed by atoms with Crippen LogP contribution in [0.25, 0.3) is 6.08 Å². The topological polar surface area (TPSA) is 57.6 Å². The number of benzene rings is 1. The molecule has 1 amide bonds. The summed E-state index contributed by atoms with van der Waals surface area (Å²) in [6.07, 6.45) is 4.41. The quantitative estimate of drug-likeness (QED) is 0.648. The fourth-order valence-electron chi connectivity index (χ4n) is 1.54. The Morgan fingerprint density at radius 3 is 2.70 bits per heavy atom. The van der Waals surface area contributed by atoms with Gasteiger partial charge >= 0.3 is 5.97 Å². The first kappa shape index (κ1) is 16.0. The van der Waals surface area contributed by atoms with Gasteiger partial charge in [-0.1, -0.05) is 29.8 Å². The van der Waals surface area contributed by atoms with Crippen LogP contribution >= 0.6 is 11.6 Å². The van der Waals surface area contributed by atoms with Gasteiger partial charge in [-0.2, -0.15) is 0 Å². The van der Waals surface area contributed by atoms with Crippen molar-refractivity contribution < 1.29 is 14.7 Å². The Labute approximate surface area is 123 Å². The highest BCUT2D eigenvalue weighted by Crippen LogP contribution is 2.17. The molecule has 5 heteroatoms. The maximum absolute atomic E-state index is 11.9. The van der Waals surface area contributed by atoms with Crippen molar-refractivity contribution in [3.8, 4) is 0 Å². The Balaban J connectivity index is 2.80. The number of amides is 1. The van der Waals surface area contributed by atoms with Gasteiger partial charge in [0.05, 0.1) is 0 Å². The normalized spacial score (nSPS) is 10.5. The number of aliphatic carboxylic acids is 1. The third-order valence-corrected chi connectivity index (χ3v) is 3.01. The number of carboxylic acids is 1. The van der Waals surface area contributed by atoms with E-state index in [2.05, 4.69) is 6.58 Å². The first-order valence-corrected chi connectivity index (χ1v) is 6.37. The first-order valence-electron chi connectivity index (χ1n) is 6.00. The third-order valence-electron chi connectivity index (χ3n) is 2.60. The maximum Gasteiger partial charge on any atom is 0.323 e. The summed E-state index contributed by atoms with van der Waals surface area (Å²) in [5, 5.41) is 9.36. The van der Waals surface area contributed by atoms with E-state index in [9.17, 15) is 9.59 Å². The van der Waals surface area contributed by atoms with Crippen molar-refractivity contribution in [3.05, 3.63) is 53.1 Å². The molecule has 0 atom stereocenters. The molecule has 0 bridgehead atoms. The minimum Gasteiger partial charge on any atom is -0.480 e. The van der Waals surface area contributed by atoms with Crippen molar-refractivity contribution in [1.29, 1.82) is 0 Å². The first-order chi connectivity index (χ1) is 9.43. The van der Waals surface area contributed by atoms with E-state index in [-0.39, 0.29) is 19.0 Å². The lowest BCUT2D eigenvalue weighted by Gasteiger charge is -2.16. The molecule has 0 fully saturated rings. The highest BCUT2D eigenvalue weighted by atomic mass is 35.5. The molecule has 0 aliphatic heterocycles. The summed E-state index contributed by atoms with van der Waals surface area (Å²) in [7, 11) is 0. The highest BCUT2D eigenvalue weighted by Gasteiger charge is 2.12. The summed E-state index contributed by atoms with van der Waals surface area (Å²) in [6, 6.07) is 5.43. The van der Waals surface area contributed by atoms with E-state index in [1.807, 2.05) is 19.1 Å². The van der Waals surface area contributed by atoms with Gasteiger partial charge in [-0.3, -0.25) is 9.59 Å². The number of rotatable bonds is 6. The van der Waals surface area contributed by atoms with Gasteiger partial charge in [0.2, 0.25) is 5.91 Å². The molecule has 0 aliphatic carbocycles. The number of aryl methyl sites for hydroxylation is 1. The van der Waals surface area contributed by atoms with Crippen LogP contribution in [0.2, 0.25) is 5.02 Å². The van der Waals surface area contributed by atoms with E-state index < -0.39 is 5.97 Å². The van der Waals surface area contributed by atoms with E-state index in [1.54, 1.807) is 12.1 Å². The number of hydrogen-bond donors (Lipinski definition) is 1. The summed E-state index contributed by atoms with van der Waals surface area (Å²) < 4.78 is 0. The minimum atomic E-state index is -1.06. The Hall–Kier alpha value is -2.07. The van der Waals surface area contributed by atoms with Crippen molar-refractivity contribution >= 4 is 29.6 Å². The van der Waals surface area contributed by atoms with Crippen LogP contribution < -0.4 is 0 Å². The minimum absolute atomic E-state index is 0.185. The fraction of sp³-hybridized carbons (Fsp3) is 0.200. The number of carbonyl (C=O) groups excluding carboxylic acids is 1. The second kappa shape index (κ2) is 7.50. The summed E-state index contributed by atoms with van der Waals surface area (Å²) >= 11 is 5.99. The van der Waals surface area contributed by atoms with Gasteiger partial charge in [-0.25, -0.2) is 0 Å². The zero-order valence-corrected chi connectivity index (χ0v) is 11.9. The lowest BCUT2D eigenvalue weighted by Crippen LogP contribution is -2.34. The average molecular weight is 294 g/mol. The number of nitrogens with zero attached hydrogens (tertiary/aromatic N) is 1. The fourth-order valence-corrected chi connectivity index (χ4v) is 1.73. The molecule has 0 unspecified atom stereocenters. The third kappa shape index (κ3) is 4.90. The van der Waals surface area contributed by atoms with Crippen LogP contribution in [0.3, 0.4) is 0 Å². The summed E-state index contributed by atoms with van der Waals surface area (Å²) in [5.41, 5.74) is 1.73. The molecule has 106 valence electrons. The molecule has 0 aliphatic rings. The summed E-state index contributed by atoms with van der Waals surface area (Å²) in [4.78, 5) is 23.7. The van der Waals surface area contributed by atoms with Gasteiger partial charge in [0.15, 0.2) is 0 Å². The smallest absolute Gasteiger partial charge is 0.323 e. The van der Waals surface area contributed by atoms with Crippen LogP contribution in [0.15, 0.2) is 36.9 Å². The molecule has 0 radical (unpaired) electrons. The van der Waals surface area contributed by atoms with Gasteiger partial charge in [0.1, 0.15) is 6.54 Å². The Bertz CT molecular complexity index is 552. The molecule has 0 spiro atoms. The molecular weight excluding hydrogens is 278 g/mol. The molecule has 4 nitrogen and oxygen atoms in total. The summed E-state index contributed by atoms with van der Waals surface area (Å²) in [5.74, 6) is -1.45. The molecule has 0 saturated heterocycles. The van der Waals surface area contributed by atoms with E-state index in [0.29, 0.717) is 5.02 Å². The molecular formula is C15H16ClNO3. The van der Waals surface area contributed by atoms with Crippen LogP contribution in [0.1, 0.15) is 11.1 Å². The monoisotopic (exact) mass is 293 g/mol. The van der Waals surface area contributed by atoms with E-state index in [0.717, 1.165) is 11.1 Å². The van der Waals surface area contributed by atoms with Crippen molar-refractivity contribution in [3.63, 3.8) is 0 Å². The Morgan fingerprint density at radius 2 is 2.15 bits per heavy atom. The molecule has 0 heterocycles. The number of hydrogen-bond acceptors (Lipinski definition) is 2. The molecule has 1 aromatic rings. The van der Waals surface area contributed by atoms with E-state index in [1.165, 1.54) is 17.1 Å². The highest BCUT2D eigenvalue weighted by molar-refractivity contribution is 6.31. The van der Waals surface area contributed by atoms with Crippen molar-refractivity contribution in [2.75, 3.05) is 13.1 Å². The second-order valence-corrected chi connectivity index (χ2v) is 4.65. The number of carboxylic acid groups (broad SMARTS) is 1. The Morgan fingerprint density at radius 1 is 1.45 bits per heavy atom. The summed E-state index contributed by atoms with van der Waals surface area (Å²) in [6.45, 7) is 5.22. The largest absolute Gasteiger partial charge is 0.480 e. The van der Waals surface area contributed by atoms with E-state index >= 15 is 0 Å². The predicted octanol–water partition coefficient (Wildman–Crippen LogP) is 2.76. The van der Waals surface area contributed by atoms with Crippen LogP contribution in [0.4, 0.5) is 0 Å². The van der Waals surface area contributed by atoms with Crippen LogP contribution in [0, 0.1) is 6.92 Å². The average Bonchev–Trinajstić information content (AvgIpc) is 2.39. The van der Waals surface area contributed by atoms with Crippen LogP contribution in [-0.4, -0.2) is 35.0 Å². The zero-order chi connectivity index (χ0) is 15.1. The molecule has 1 N–H and O–H groups in total.